The van der Waals surface area contributed by atoms with Gasteiger partial charge in [-0.05, 0) is 17.5 Å². The topological polar surface area (TPSA) is 32.5 Å². The van der Waals surface area contributed by atoms with E-state index in [2.05, 4.69) is 41.0 Å². The average molecular weight is 257 g/mol. The van der Waals surface area contributed by atoms with Crippen LogP contribution in [0.2, 0.25) is 0 Å². The van der Waals surface area contributed by atoms with Crippen LogP contribution in [0.5, 0.6) is 0 Å². The Hall–Kier alpha value is -0.900. The molecule has 4 saturated heterocycles. The van der Waals surface area contributed by atoms with Crippen LogP contribution in [0.1, 0.15) is 18.1 Å². The maximum atomic E-state index is 6.65. The number of piperidine rings is 2. The molecule has 3 heteroatoms. The largest absolute Gasteiger partial charge is 0.326 e. The van der Waals surface area contributed by atoms with Crippen molar-refractivity contribution in [2.24, 2.45) is 11.7 Å². The van der Waals surface area contributed by atoms with Gasteiger partial charge < -0.3 is 5.73 Å². The highest BCUT2D eigenvalue weighted by molar-refractivity contribution is 5.35. The molecule has 0 saturated carbocycles. The monoisotopic (exact) mass is 257 g/mol. The highest BCUT2D eigenvalue weighted by atomic mass is 15.4. The molecule has 4 aliphatic rings. The molecule has 0 amide bonds. The van der Waals surface area contributed by atoms with E-state index in [1.54, 1.807) is 0 Å². The van der Waals surface area contributed by atoms with Gasteiger partial charge in [0, 0.05) is 43.6 Å². The Balaban J connectivity index is 1.74. The van der Waals surface area contributed by atoms with Gasteiger partial charge in [-0.2, -0.15) is 0 Å². The summed E-state index contributed by atoms with van der Waals surface area (Å²) in [5.41, 5.74) is 9.70. The van der Waals surface area contributed by atoms with Crippen molar-refractivity contribution < 1.29 is 0 Å². The van der Waals surface area contributed by atoms with E-state index in [1.165, 1.54) is 24.2 Å². The summed E-state index contributed by atoms with van der Waals surface area (Å²) in [5.74, 6) is 0.655. The Morgan fingerprint density at radius 2 is 1.79 bits per heavy atom. The molecule has 1 aromatic rings. The molecule has 3 nitrogen and oxygen atoms in total. The predicted molar refractivity (Wildman–Crippen MR) is 77.0 cm³/mol. The summed E-state index contributed by atoms with van der Waals surface area (Å²) in [5, 5.41) is 0. The highest BCUT2D eigenvalue weighted by Gasteiger charge is 2.55. The molecular formula is C16H23N3. The van der Waals surface area contributed by atoms with Crippen LogP contribution in [0.15, 0.2) is 24.3 Å². The SMILES string of the molecule is CCc1ccc(C23CN4CC(CN(C4)C2)C3N)cc1. The molecule has 0 radical (unpaired) electrons. The van der Waals surface area contributed by atoms with Gasteiger partial charge in [0.1, 0.15) is 0 Å². The average Bonchev–Trinajstić information content (AvgIpc) is 2.44. The van der Waals surface area contributed by atoms with E-state index in [-0.39, 0.29) is 5.41 Å². The molecule has 4 fully saturated rings. The normalized spacial score (nSPS) is 43.7. The fraction of sp³-hybridized carbons (Fsp3) is 0.625. The standard InChI is InChI=1S/C16H23N3/c1-2-12-3-5-14(6-4-12)16-9-18-7-13(15(16)17)8-19(10-16)11-18/h3-6,13,15H,2,7-11,17H2,1H3. The van der Waals surface area contributed by atoms with Gasteiger partial charge in [0.25, 0.3) is 0 Å². The molecular weight excluding hydrogens is 234 g/mol. The van der Waals surface area contributed by atoms with Crippen molar-refractivity contribution in [1.29, 1.82) is 0 Å². The van der Waals surface area contributed by atoms with Crippen LogP contribution in [-0.4, -0.2) is 48.7 Å². The van der Waals surface area contributed by atoms with E-state index < -0.39 is 0 Å². The number of nitrogens with zero attached hydrogens (tertiary/aromatic N) is 2. The number of benzene rings is 1. The summed E-state index contributed by atoms with van der Waals surface area (Å²) in [7, 11) is 0. The minimum atomic E-state index is 0.172. The minimum Gasteiger partial charge on any atom is -0.326 e. The second-order valence-electron chi connectivity index (χ2n) is 6.66. The molecule has 2 N–H and O–H groups in total. The summed E-state index contributed by atoms with van der Waals surface area (Å²) in [6.45, 7) is 8.05. The van der Waals surface area contributed by atoms with Gasteiger partial charge in [-0.1, -0.05) is 31.2 Å². The summed E-state index contributed by atoms with van der Waals surface area (Å²) < 4.78 is 0. The molecule has 4 heterocycles. The van der Waals surface area contributed by atoms with Crippen molar-refractivity contribution >= 4 is 0 Å². The summed E-state index contributed by atoms with van der Waals surface area (Å²) in [6.07, 6.45) is 1.11. The molecule has 102 valence electrons. The quantitative estimate of drug-likeness (QED) is 0.859. The Morgan fingerprint density at radius 1 is 1.16 bits per heavy atom. The van der Waals surface area contributed by atoms with Gasteiger partial charge in [-0.15, -0.1) is 0 Å². The number of hydrogen-bond acceptors (Lipinski definition) is 3. The molecule has 3 unspecified atom stereocenters. The van der Waals surface area contributed by atoms with Crippen molar-refractivity contribution in [3.63, 3.8) is 0 Å². The van der Waals surface area contributed by atoms with Gasteiger partial charge in [-0.3, -0.25) is 9.80 Å². The molecule has 0 spiro atoms. The molecule has 5 rings (SSSR count). The van der Waals surface area contributed by atoms with Gasteiger partial charge in [0.05, 0.1) is 6.67 Å². The lowest BCUT2D eigenvalue weighted by molar-refractivity contribution is -0.0991. The van der Waals surface area contributed by atoms with Crippen LogP contribution in [0.3, 0.4) is 0 Å². The number of rotatable bonds is 2. The lowest BCUT2D eigenvalue weighted by atomic mass is 9.63. The third-order valence-corrected chi connectivity index (χ3v) is 5.48. The van der Waals surface area contributed by atoms with Crippen molar-refractivity contribution in [1.82, 2.24) is 9.80 Å². The van der Waals surface area contributed by atoms with E-state index in [0.29, 0.717) is 12.0 Å². The van der Waals surface area contributed by atoms with Crippen LogP contribution < -0.4 is 5.73 Å². The van der Waals surface area contributed by atoms with E-state index in [0.717, 1.165) is 26.2 Å². The number of aryl methyl sites for hydroxylation is 1. The Morgan fingerprint density at radius 3 is 2.37 bits per heavy atom. The van der Waals surface area contributed by atoms with Gasteiger partial charge >= 0.3 is 0 Å². The van der Waals surface area contributed by atoms with E-state index in [9.17, 15) is 0 Å². The van der Waals surface area contributed by atoms with Crippen LogP contribution in [0.4, 0.5) is 0 Å². The zero-order valence-corrected chi connectivity index (χ0v) is 11.7. The van der Waals surface area contributed by atoms with Crippen LogP contribution >= 0.6 is 0 Å². The number of hydrogen-bond donors (Lipinski definition) is 1. The van der Waals surface area contributed by atoms with Crippen molar-refractivity contribution in [2.45, 2.75) is 24.8 Å². The maximum Gasteiger partial charge on any atom is 0.0507 e. The smallest absolute Gasteiger partial charge is 0.0507 e. The Kier molecular flexibility index (Phi) is 2.53. The third kappa shape index (κ3) is 1.62. The van der Waals surface area contributed by atoms with Crippen LogP contribution in [0, 0.1) is 5.92 Å². The lowest BCUT2D eigenvalue weighted by Gasteiger charge is -2.62. The molecule has 0 aromatic heterocycles. The first-order valence-electron chi connectivity index (χ1n) is 7.51. The predicted octanol–water partition coefficient (Wildman–Crippen LogP) is 1.03. The second-order valence-corrected chi connectivity index (χ2v) is 6.66. The first kappa shape index (κ1) is 11.9. The summed E-state index contributed by atoms with van der Waals surface area (Å²) in [6, 6.07) is 9.55. The zero-order chi connectivity index (χ0) is 13.0. The van der Waals surface area contributed by atoms with Crippen LogP contribution in [0.25, 0.3) is 0 Å². The molecule has 0 aliphatic carbocycles. The Labute approximate surface area is 115 Å². The third-order valence-electron chi connectivity index (χ3n) is 5.48. The Bertz CT molecular complexity index is 467. The summed E-state index contributed by atoms with van der Waals surface area (Å²) in [4.78, 5) is 5.18. The van der Waals surface area contributed by atoms with E-state index in [4.69, 9.17) is 5.73 Å². The zero-order valence-electron chi connectivity index (χ0n) is 11.7. The molecule has 4 aliphatic heterocycles. The van der Waals surface area contributed by atoms with Crippen molar-refractivity contribution in [3.8, 4) is 0 Å². The summed E-state index contributed by atoms with van der Waals surface area (Å²) >= 11 is 0. The maximum absolute atomic E-state index is 6.65. The molecule has 3 atom stereocenters. The van der Waals surface area contributed by atoms with Crippen LogP contribution in [-0.2, 0) is 11.8 Å². The molecule has 4 bridgehead atoms. The first-order valence-corrected chi connectivity index (χ1v) is 7.51. The van der Waals surface area contributed by atoms with Gasteiger partial charge in [0.15, 0.2) is 0 Å². The van der Waals surface area contributed by atoms with Crippen molar-refractivity contribution in [2.75, 3.05) is 32.8 Å². The first-order chi connectivity index (χ1) is 9.21. The van der Waals surface area contributed by atoms with Gasteiger partial charge in [-0.25, -0.2) is 0 Å². The number of nitrogens with two attached hydrogens (primary N) is 1. The van der Waals surface area contributed by atoms with E-state index in [1.807, 2.05) is 0 Å². The fourth-order valence-corrected chi connectivity index (χ4v) is 4.53. The molecule has 19 heavy (non-hydrogen) atoms. The van der Waals surface area contributed by atoms with Crippen molar-refractivity contribution in [3.05, 3.63) is 35.4 Å². The van der Waals surface area contributed by atoms with Gasteiger partial charge in [0.2, 0.25) is 0 Å². The fourth-order valence-electron chi connectivity index (χ4n) is 4.53. The van der Waals surface area contributed by atoms with E-state index >= 15 is 0 Å². The molecule has 1 aromatic carbocycles. The minimum absolute atomic E-state index is 0.172. The highest BCUT2D eigenvalue weighted by Crippen LogP contribution is 2.43. The second kappa shape index (κ2) is 4.05. The lowest BCUT2D eigenvalue weighted by Crippen LogP contribution is -2.77.